The fraction of sp³-hybridized carbons (Fsp3) is 0.864. The molecule has 0 aromatic carbocycles. The summed E-state index contributed by atoms with van der Waals surface area (Å²) in [4.78, 5) is 15.6. The minimum absolute atomic E-state index is 0.168. The van der Waals surface area contributed by atoms with Crippen molar-refractivity contribution >= 4 is 5.97 Å². The van der Waals surface area contributed by atoms with E-state index in [4.69, 9.17) is 5.26 Å². The van der Waals surface area contributed by atoms with E-state index in [2.05, 4.69) is 24.0 Å². The number of hydrogen-bond acceptors (Lipinski definition) is 3. The van der Waals surface area contributed by atoms with Crippen LogP contribution in [-0.4, -0.2) is 11.2 Å². The lowest BCUT2D eigenvalue weighted by Crippen LogP contribution is -2.29. The summed E-state index contributed by atoms with van der Waals surface area (Å²) in [5, 5.41) is 8.63. The van der Waals surface area contributed by atoms with Gasteiger partial charge in [-0.05, 0) is 37.5 Å². The topological polar surface area (TPSA) is 46.5 Å². The summed E-state index contributed by atoms with van der Waals surface area (Å²) in [6, 6.07) is 0. The van der Waals surface area contributed by atoms with Crippen LogP contribution in [-0.2, 0) is 9.68 Å². The zero-order chi connectivity index (χ0) is 19.0. The average Bonchev–Trinajstić information content (AvgIpc) is 2.56. The van der Waals surface area contributed by atoms with Crippen molar-refractivity contribution in [1.82, 2.24) is 0 Å². The van der Waals surface area contributed by atoms with Crippen molar-refractivity contribution in [3.63, 3.8) is 0 Å². The van der Waals surface area contributed by atoms with E-state index >= 15 is 0 Å². The zero-order valence-electron chi connectivity index (χ0n) is 17.2. The van der Waals surface area contributed by atoms with Gasteiger partial charge in [-0.1, -0.05) is 91.2 Å². The molecule has 3 heteroatoms. The third kappa shape index (κ3) is 14.1. The van der Waals surface area contributed by atoms with Gasteiger partial charge in [0, 0.05) is 0 Å². The van der Waals surface area contributed by atoms with E-state index < -0.39 is 5.97 Å². The summed E-state index contributed by atoms with van der Waals surface area (Å²) in [7, 11) is 0. The third-order valence-electron chi connectivity index (χ3n) is 4.92. The molecule has 0 aliphatic carbocycles. The molecule has 0 aliphatic rings. The van der Waals surface area contributed by atoms with E-state index in [0.717, 1.165) is 25.7 Å². The van der Waals surface area contributed by atoms with Crippen molar-refractivity contribution in [1.29, 1.82) is 0 Å². The molecule has 0 heterocycles. The Morgan fingerprint density at radius 1 is 0.880 bits per heavy atom. The number of carbonyl (C=O) groups excluding carboxylic acids is 1. The number of allylic oxidation sites excluding steroid dienone is 2. The number of rotatable bonds is 15. The highest BCUT2D eigenvalue weighted by Gasteiger charge is 2.32. The molecule has 0 spiro atoms. The summed E-state index contributed by atoms with van der Waals surface area (Å²) >= 11 is 0. The van der Waals surface area contributed by atoms with Crippen LogP contribution in [0, 0.1) is 11.3 Å². The van der Waals surface area contributed by atoms with Gasteiger partial charge in [0.1, 0.15) is 0 Å². The molecule has 0 saturated heterocycles. The maximum absolute atomic E-state index is 11.6. The molecule has 0 saturated carbocycles. The van der Waals surface area contributed by atoms with Crippen LogP contribution in [0.1, 0.15) is 111 Å². The fourth-order valence-electron chi connectivity index (χ4n) is 3.21. The Bertz CT molecular complexity index is 342. The van der Waals surface area contributed by atoms with Crippen molar-refractivity contribution < 1.29 is 14.9 Å². The highest BCUT2D eigenvalue weighted by molar-refractivity contribution is 5.72. The fourth-order valence-corrected chi connectivity index (χ4v) is 3.21. The highest BCUT2D eigenvalue weighted by Crippen LogP contribution is 2.31. The zero-order valence-corrected chi connectivity index (χ0v) is 17.2. The molecule has 0 aromatic rings. The Labute approximate surface area is 156 Å². The molecule has 0 radical (unpaired) electrons. The van der Waals surface area contributed by atoms with E-state index in [-0.39, 0.29) is 11.3 Å². The molecule has 148 valence electrons. The maximum Gasteiger partial charge on any atom is 0.345 e. The van der Waals surface area contributed by atoms with E-state index in [1.54, 1.807) is 0 Å². The second kappa shape index (κ2) is 15.4. The molecule has 1 unspecified atom stereocenters. The SMILES string of the molecule is CCCCCCCCC=CCCCCCCC(C(=O)OO)C(C)(C)C. The van der Waals surface area contributed by atoms with Crippen molar-refractivity contribution in [2.75, 3.05) is 0 Å². The third-order valence-corrected chi connectivity index (χ3v) is 4.92. The van der Waals surface area contributed by atoms with E-state index in [1.165, 1.54) is 57.8 Å². The lowest BCUT2D eigenvalue weighted by Gasteiger charge is -2.27. The van der Waals surface area contributed by atoms with Gasteiger partial charge in [0.15, 0.2) is 0 Å². The normalized spacial score (nSPS) is 13.3. The average molecular weight is 355 g/mol. The Kier molecular flexibility index (Phi) is 14.9. The minimum atomic E-state index is -0.495. The Morgan fingerprint density at radius 3 is 1.84 bits per heavy atom. The van der Waals surface area contributed by atoms with Gasteiger partial charge in [0.05, 0.1) is 5.92 Å². The molecule has 0 aromatic heterocycles. The molecule has 0 amide bonds. The quantitative estimate of drug-likeness (QED) is 0.145. The lowest BCUT2D eigenvalue weighted by atomic mass is 9.78. The predicted octanol–water partition coefficient (Wildman–Crippen LogP) is 7.31. The van der Waals surface area contributed by atoms with Crippen molar-refractivity contribution in [2.24, 2.45) is 11.3 Å². The van der Waals surface area contributed by atoms with Gasteiger partial charge in [0.2, 0.25) is 0 Å². The van der Waals surface area contributed by atoms with Crippen LogP contribution >= 0.6 is 0 Å². The Balaban J connectivity index is 3.56. The van der Waals surface area contributed by atoms with Gasteiger partial charge in [-0.2, -0.15) is 5.26 Å². The monoisotopic (exact) mass is 354 g/mol. The van der Waals surface area contributed by atoms with E-state index in [1.807, 2.05) is 20.8 Å². The second-order valence-corrected chi connectivity index (χ2v) is 8.35. The van der Waals surface area contributed by atoms with Gasteiger partial charge in [-0.3, -0.25) is 0 Å². The van der Waals surface area contributed by atoms with Crippen LogP contribution in [0.2, 0.25) is 0 Å². The second-order valence-electron chi connectivity index (χ2n) is 8.35. The van der Waals surface area contributed by atoms with E-state index in [0.29, 0.717) is 0 Å². The van der Waals surface area contributed by atoms with Gasteiger partial charge in [-0.25, -0.2) is 4.79 Å². The highest BCUT2D eigenvalue weighted by atomic mass is 17.1. The first-order valence-electron chi connectivity index (χ1n) is 10.4. The molecule has 0 fully saturated rings. The summed E-state index contributed by atoms with van der Waals surface area (Å²) in [6.07, 6.45) is 20.6. The largest absolute Gasteiger partial charge is 0.345 e. The molecule has 25 heavy (non-hydrogen) atoms. The molecule has 0 aliphatic heterocycles. The molecular weight excluding hydrogens is 312 g/mol. The molecular formula is C22H42O3. The number of unbranched alkanes of at least 4 members (excludes halogenated alkanes) is 10. The summed E-state index contributed by atoms with van der Waals surface area (Å²) in [6.45, 7) is 8.31. The summed E-state index contributed by atoms with van der Waals surface area (Å²) in [5.74, 6) is -0.722. The van der Waals surface area contributed by atoms with Crippen molar-refractivity contribution in [3.05, 3.63) is 12.2 Å². The summed E-state index contributed by atoms with van der Waals surface area (Å²) < 4.78 is 0. The van der Waals surface area contributed by atoms with Crippen LogP contribution in [0.4, 0.5) is 0 Å². The van der Waals surface area contributed by atoms with Crippen molar-refractivity contribution in [3.8, 4) is 0 Å². The first kappa shape index (κ1) is 24.2. The van der Waals surface area contributed by atoms with Gasteiger partial charge in [-0.15, -0.1) is 0 Å². The predicted molar refractivity (Wildman–Crippen MR) is 107 cm³/mol. The minimum Gasteiger partial charge on any atom is -0.301 e. The molecule has 1 atom stereocenters. The Hall–Kier alpha value is -0.830. The van der Waals surface area contributed by atoms with Crippen LogP contribution in [0.3, 0.4) is 0 Å². The number of carbonyl (C=O) groups is 1. The van der Waals surface area contributed by atoms with Crippen LogP contribution < -0.4 is 0 Å². The maximum atomic E-state index is 11.6. The first-order valence-corrected chi connectivity index (χ1v) is 10.4. The van der Waals surface area contributed by atoms with Crippen LogP contribution in [0.15, 0.2) is 12.2 Å². The molecule has 1 N–H and O–H groups in total. The molecule has 3 nitrogen and oxygen atoms in total. The van der Waals surface area contributed by atoms with Crippen LogP contribution in [0.25, 0.3) is 0 Å². The smallest absolute Gasteiger partial charge is 0.301 e. The number of hydrogen-bond donors (Lipinski definition) is 1. The van der Waals surface area contributed by atoms with Gasteiger partial charge in [0.25, 0.3) is 0 Å². The van der Waals surface area contributed by atoms with Gasteiger partial charge < -0.3 is 4.89 Å². The standard InChI is InChI=1S/C22H42O3/c1-5-6-7-8-9-10-11-12-13-14-15-16-17-18-19-20(21(23)25-24)22(2,3)4/h12-13,20,24H,5-11,14-19H2,1-4H3. The van der Waals surface area contributed by atoms with Crippen molar-refractivity contribution in [2.45, 2.75) is 111 Å². The molecule has 0 bridgehead atoms. The first-order chi connectivity index (χ1) is 11.9. The molecule has 0 rings (SSSR count). The Morgan fingerprint density at radius 2 is 1.36 bits per heavy atom. The van der Waals surface area contributed by atoms with Crippen LogP contribution in [0.5, 0.6) is 0 Å². The lowest BCUT2D eigenvalue weighted by molar-refractivity contribution is -0.242. The summed E-state index contributed by atoms with van der Waals surface area (Å²) in [5.41, 5.74) is -0.168. The van der Waals surface area contributed by atoms with E-state index in [9.17, 15) is 4.79 Å². The van der Waals surface area contributed by atoms with Gasteiger partial charge >= 0.3 is 5.97 Å².